The van der Waals surface area contributed by atoms with Crippen LogP contribution in [0.3, 0.4) is 0 Å². The zero-order chi connectivity index (χ0) is 15.6. The van der Waals surface area contributed by atoms with Crippen molar-refractivity contribution in [1.82, 2.24) is 15.1 Å². The van der Waals surface area contributed by atoms with Crippen LogP contribution in [0, 0.1) is 5.82 Å². The Morgan fingerprint density at radius 1 is 1.19 bits per heavy atom. The standard InChI is InChI=1S/C15H16FN3O2/c1-15(2,3)18-13(20)12-8-9-17-19(14(12)21)11-6-4-10(16)5-7-11/h4-9H,1-3H3,(H,18,20). The Morgan fingerprint density at radius 2 is 1.81 bits per heavy atom. The van der Waals surface area contributed by atoms with Crippen LogP contribution in [0.1, 0.15) is 31.1 Å². The molecule has 1 N–H and O–H groups in total. The van der Waals surface area contributed by atoms with Gasteiger partial charge in [-0.05, 0) is 51.1 Å². The largest absolute Gasteiger partial charge is 0.347 e. The van der Waals surface area contributed by atoms with E-state index in [0.29, 0.717) is 5.69 Å². The van der Waals surface area contributed by atoms with Gasteiger partial charge < -0.3 is 5.32 Å². The molecule has 1 amide bonds. The first-order valence-corrected chi connectivity index (χ1v) is 6.45. The van der Waals surface area contributed by atoms with Crippen LogP contribution in [0.4, 0.5) is 4.39 Å². The third-order valence-corrected chi connectivity index (χ3v) is 2.65. The molecule has 0 radical (unpaired) electrons. The van der Waals surface area contributed by atoms with Crippen LogP contribution in [-0.2, 0) is 0 Å². The monoisotopic (exact) mass is 289 g/mol. The molecule has 0 spiro atoms. The van der Waals surface area contributed by atoms with Gasteiger partial charge in [0.25, 0.3) is 11.5 Å². The fraction of sp³-hybridized carbons (Fsp3) is 0.267. The summed E-state index contributed by atoms with van der Waals surface area (Å²) < 4.78 is 14.0. The van der Waals surface area contributed by atoms with Crippen molar-refractivity contribution in [3.63, 3.8) is 0 Å². The molecule has 0 aliphatic rings. The summed E-state index contributed by atoms with van der Waals surface area (Å²) in [5, 5.41) is 6.64. The van der Waals surface area contributed by atoms with E-state index >= 15 is 0 Å². The van der Waals surface area contributed by atoms with E-state index in [1.54, 1.807) is 0 Å². The smallest absolute Gasteiger partial charge is 0.284 e. The molecule has 0 unspecified atom stereocenters. The highest BCUT2D eigenvalue weighted by molar-refractivity contribution is 5.94. The second-order valence-electron chi connectivity index (χ2n) is 5.64. The lowest BCUT2D eigenvalue weighted by molar-refractivity contribution is 0.0917. The number of hydrogen-bond acceptors (Lipinski definition) is 3. The minimum absolute atomic E-state index is 0.00995. The molecule has 0 atom stereocenters. The van der Waals surface area contributed by atoms with Gasteiger partial charge in [-0.15, -0.1) is 0 Å². The van der Waals surface area contributed by atoms with Crippen molar-refractivity contribution >= 4 is 5.91 Å². The zero-order valence-corrected chi connectivity index (χ0v) is 12.1. The summed E-state index contributed by atoms with van der Waals surface area (Å²) in [7, 11) is 0. The van der Waals surface area contributed by atoms with Crippen molar-refractivity contribution < 1.29 is 9.18 Å². The number of rotatable bonds is 2. The van der Waals surface area contributed by atoms with Gasteiger partial charge in [0.05, 0.1) is 5.69 Å². The molecule has 0 saturated heterocycles. The number of nitrogens with zero attached hydrogens (tertiary/aromatic N) is 2. The number of hydrogen-bond donors (Lipinski definition) is 1. The van der Waals surface area contributed by atoms with E-state index in [4.69, 9.17) is 0 Å². The summed E-state index contributed by atoms with van der Waals surface area (Å²) in [5.74, 6) is -0.876. The van der Waals surface area contributed by atoms with Gasteiger partial charge in [0.1, 0.15) is 11.4 Å². The summed E-state index contributed by atoms with van der Waals surface area (Å²) in [6.07, 6.45) is 1.36. The maximum absolute atomic E-state index is 12.9. The lowest BCUT2D eigenvalue weighted by Crippen LogP contribution is -2.43. The van der Waals surface area contributed by atoms with Crippen LogP contribution in [0.25, 0.3) is 5.69 Å². The molecule has 6 heteroatoms. The topological polar surface area (TPSA) is 64.0 Å². The average molecular weight is 289 g/mol. The van der Waals surface area contributed by atoms with Crippen molar-refractivity contribution in [2.24, 2.45) is 0 Å². The Bertz CT molecular complexity index is 715. The number of aromatic nitrogens is 2. The van der Waals surface area contributed by atoms with Gasteiger partial charge >= 0.3 is 0 Å². The quantitative estimate of drug-likeness (QED) is 0.918. The Balaban J connectivity index is 2.43. The summed E-state index contributed by atoms with van der Waals surface area (Å²) in [5.41, 5.74) is -0.616. The molecule has 0 saturated carbocycles. The minimum Gasteiger partial charge on any atom is -0.347 e. The van der Waals surface area contributed by atoms with Crippen molar-refractivity contribution in [2.75, 3.05) is 0 Å². The Morgan fingerprint density at radius 3 is 2.38 bits per heavy atom. The van der Waals surface area contributed by atoms with E-state index < -0.39 is 22.8 Å². The van der Waals surface area contributed by atoms with E-state index in [1.165, 1.54) is 36.5 Å². The number of carbonyl (C=O) groups excluding carboxylic acids is 1. The summed E-state index contributed by atoms with van der Waals surface area (Å²) in [6, 6.07) is 6.67. The number of nitrogens with one attached hydrogen (secondary N) is 1. The van der Waals surface area contributed by atoms with Crippen molar-refractivity contribution in [3.8, 4) is 5.69 Å². The van der Waals surface area contributed by atoms with E-state index in [0.717, 1.165) is 4.68 Å². The van der Waals surface area contributed by atoms with Crippen molar-refractivity contribution in [1.29, 1.82) is 0 Å². The number of carbonyl (C=O) groups is 1. The van der Waals surface area contributed by atoms with Gasteiger partial charge in [0.15, 0.2) is 0 Å². The third-order valence-electron chi connectivity index (χ3n) is 2.65. The molecule has 1 heterocycles. The third kappa shape index (κ3) is 3.53. The lowest BCUT2D eigenvalue weighted by atomic mass is 10.1. The fourth-order valence-corrected chi connectivity index (χ4v) is 1.76. The highest BCUT2D eigenvalue weighted by Gasteiger charge is 2.19. The molecule has 21 heavy (non-hydrogen) atoms. The van der Waals surface area contributed by atoms with Crippen LogP contribution in [0.2, 0.25) is 0 Å². The molecular weight excluding hydrogens is 273 g/mol. The molecule has 0 aliphatic heterocycles. The van der Waals surface area contributed by atoms with Gasteiger partial charge in [-0.3, -0.25) is 9.59 Å². The van der Waals surface area contributed by atoms with Crippen LogP contribution in [-0.4, -0.2) is 21.2 Å². The molecule has 1 aromatic carbocycles. The van der Waals surface area contributed by atoms with Crippen LogP contribution >= 0.6 is 0 Å². The Hall–Kier alpha value is -2.50. The van der Waals surface area contributed by atoms with Crippen LogP contribution < -0.4 is 10.9 Å². The second kappa shape index (κ2) is 5.47. The van der Waals surface area contributed by atoms with E-state index in [2.05, 4.69) is 10.4 Å². The zero-order valence-electron chi connectivity index (χ0n) is 12.1. The first-order valence-electron chi connectivity index (χ1n) is 6.45. The second-order valence-corrected chi connectivity index (χ2v) is 5.64. The molecule has 0 fully saturated rings. The number of amides is 1. The number of halogens is 1. The highest BCUT2D eigenvalue weighted by Crippen LogP contribution is 2.06. The van der Waals surface area contributed by atoms with Gasteiger partial charge in [-0.1, -0.05) is 0 Å². The first-order chi connectivity index (χ1) is 9.78. The van der Waals surface area contributed by atoms with E-state index in [-0.39, 0.29) is 5.56 Å². The molecule has 2 rings (SSSR count). The SMILES string of the molecule is CC(C)(C)NC(=O)c1ccnn(-c2ccc(F)cc2)c1=O. The summed E-state index contributed by atoms with van der Waals surface area (Å²) in [6.45, 7) is 5.47. The highest BCUT2D eigenvalue weighted by atomic mass is 19.1. The molecule has 0 aliphatic carbocycles. The lowest BCUT2D eigenvalue weighted by Gasteiger charge is -2.20. The summed E-state index contributed by atoms with van der Waals surface area (Å²) >= 11 is 0. The summed E-state index contributed by atoms with van der Waals surface area (Å²) in [4.78, 5) is 24.4. The normalized spacial score (nSPS) is 11.2. The molecule has 110 valence electrons. The average Bonchev–Trinajstić information content (AvgIpc) is 2.38. The van der Waals surface area contributed by atoms with E-state index in [1.807, 2.05) is 20.8 Å². The minimum atomic E-state index is -0.550. The molecule has 2 aromatic rings. The van der Waals surface area contributed by atoms with Crippen LogP contribution in [0.5, 0.6) is 0 Å². The Labute approximate surface area is 121 Å². The van der Waals surface area contributed by atoms with Crippen molar-refractivity contribution in [2.45, 2.75) is 26.3 Å². The maximum atomic E-state index is 12.9. The van der Waals surface area contributed by atoms with Crippen LogP contribution in [0.15, 0.2) is 41.3 Å². The predicted molar refractivity (Wildman–Crippen MR) is 77.0 cm³/mol. The van der Waals surface area contributed by atoms with Gasteiger partial charge in [-0.25, -0.2) is 4.39 Å². The fourth-order valence-electron chi connectivity index (χ4n) is 1.76. The Kier molecular flexibility index (Phi) is 3.88. The molecule has 5 nitrogen and oxygen atoms in total. The first kappa shape index (κ1) is 14.9. The number of benzene rings is 1. The molecular formula is C15H16FN3O2. The molecule has 1 aromatic heterocycles. The van der Waals surface area contributed by atoms with Gasteiger partial charge in [0, 0.05) is 11.7 Å². The van der Waals surface area contributed by atoms with Gasteiger partial charge in [0.2, 0.25) is 0 Å². The van der Waals surface area contributed by atoms with Crippen molar-refractivity contribution in [3.05, 3.63) is 58.3 Å². The van der Waals surface area contributed by atoms with E-state index in [9.17, 15) is 14.0 Å². The maximum Gasteiger partial charge on any atom is 0.284 e. The predicted octanol–water partition coefficient (Wildman–Crippen LogP) is 1.90. The molecule has 0 bridgehead atoms. The van der Waals surface area contributed by atoms with Gasteiger partial charge in [-0.2, -0.15) is 9.78 Å².